The molecule has 0 bridgehead atoms. The van der Waals surface area contributed by atoms with Crippen molar-refractivity contribution in [2.45, 2.75) is 53.4 Å². The molecule has 5 nitrogen and oxygen atoms in total. The van der Waals surface area contributed by atoms with Crippen LogP contribution in [0.1, 0.15) is 53.4 Å². The molecule has 1 amide bonds. The number of carbonyl (C=O) groups excluding carboxylic acids is 1. The Morgan fingerprint density at radius 2 is 1.90 bits per heavy atom. The van der Waals surface area contributed by atoms with E-state index in [9.17, 15) is 9.59 Å². The topological polar surface area (TPSA) is 92.4 Å². The van der Waals surface area contributed by atoms with Crippen molar-refractivity contribution < 1.29 is 14.7 Å². The highest BCUT2D eigenvalue weighted by Gasteiger charge is 2.29. The lowest BCUT2D eigenvalue weighted by Gasteiger charge is -2.26. The fourth-order valence-electron chi connectivity index (χ4n) is 2.10. The van der Waals surface area contributed by atoms with E-state index in [-0.39, 0.29) is 12.3 Å². The molecule has 0 radical (unpaired) electrons. The zero-order chi connectivity index (χ0) is 15.8. The van der Waals surface area contributed by atoms with E-state index in [0.29, 0.717) is 37.8 Å². The minimum absolute atomic E-state index is 0.0109. The Hall–Kier alpha value is -1.10. The standard InChI is InChI=1S/C15H30N2O3/c1-5-15(4,10-16)14(20)17-9-8-12(11(2)3)6-7-13(18)19/h11-12H,5-10,16H2,1-4H3,(H,17,20)(H,18,19). The van der Waals surface area contributed by atoms with E-state index < -0.39 is 11.4 Å². The van der Waals surface area contributed by atoms with Gasteiger partial charge in [-0.25, -0.2) is 0 Å². The minimum atomic E-state index is -0.763. The maximum Gasteiger partial charge on any atom is 0.303 e. The van der Waals surface area contributed by atoms with Crippen LogP contribution >= 0.6 is 0 Å². The average molecular weight is 286 g/mol. The summed E-state index contributed by atoms with van der Waals surface area (Å²) in [6.45, 7) is 8.91. The summed E-state index contributed by atoms with van der Waals surface area (Å²) in [6.07, 6.45) is 2.36. The average Bonchev–Trinajstić information content (AvgIpc) is 2.40. The Balaban J connectivity index is 4.23. The number of aliphatic carboxylic acids is 1. The number of carboxylic acid groups (broad SMARTS) is 1. The Bertz CT molecular complexity index is 312. The van der Waals surface area contributed by atoms with Crippen LogP contribution in [0.2, 0.25) is 0 Å². The van der Waals surface area contributed by atoms with E-state index in [4.69, 9.17) is 10.8 Å². The van der Waals surface area contributed by atoms with Crippen molar-refractivity contribution in [1.82, 2.24) is 5.32 Å². The van der Waals surface area contributed by atoms with Crippen LogP contribution in [0.5, 0.6) is 0 Å². The van der Waals surface area contributed by atoms with Gasteiger partial charge in [0.05, 0.1) is 5.41 Å². The highest BCUT2D eigenvalue weighted by molar-refractivity contribution is 5.82. The number of hydrogen-bond acceptors (Lipinski definition) is 3. The summed E-state index contributed by atoms with van der Waals surface area (Å²) in [6, 6.07) is 0. The molecule has 4 N–H and O–H groups in total. The molecule has 0 aliphatic heterocycles. The zero-order valence-electron chi connectivity index (χ0n) is 13.2. The van der Waals surface area contributed by atoms with Gasteiger partial charge in [-0.1, -0.05) is 20.8 Å². The second-order valence-electron chi connectivity index (χ2n) is 6.10. The van der Waals surface area contributed by atoms with Crippen LogP contribution in [0.3, 0.4) is 0 Å². The van der Waals surface area contributed by atoms with E-state index in [1.54, 1.807) is 0 Å². The Labute approximate surface area is 122 Å². The lowest BCUT2D eigenvalue weighted by molar-refractivity contribution is -0.137. The van der Waals surface area contributed by atoms with Gasteiger partial charge in [0, 0.05) is 19.5 Å². The number of carboxylic acids is 1. The largest absolute Gasteiger partial charge is 0.481 e. The van der Waals surface area contributed by atoms with Crippen molar-refractivity contribution in [3.63, 3.8) is 0 Å². The predicted octanol–water partition coefficient (Wildman–Crippen LogP) is 2.00. The number of nitrogens with one attached hydrogen (secondary N) is 1. The van der Waals surface area contributed by atoms with Crippen molar-refractivity contribution in [1.29, 1.82) is 0 Å². The Kier molecular flexibility index (Phi) is 8.46. The SMILES string of the molecule is CCC(C)(CN)C(=O)NCCC(CCC(=O)O)C(C)C. The molecule has 5 heteroatoms. The molecule has 0 saturated carbocycles. The molecule has 2 atom stereocenters. The van der Waals surface area contributed by atoms with Crippen molar-refractivity contribution in [2.24, 2.45) is 23.0 Å². The maximum atomic E-state index is 12.1. The number of rotatable bonds is 10. The van der Waals surface area contributed by atoms with Gasteiger partial charge in [0.25, 0.3) is 0 Å². The molecule has 0 saturated heterocycles. The summed E-state index contributed by atoms with van der Waals surface area (Å²) in [5.74, 6) is -0.0416. The Morgan fingerprint density at radius 3 is 2.30 bits per heavy atom. The summed E-state index contributed by atoms with van der Waals surface area (Å²) in [7, 11) is 0. The van der Waals surface area contributed by atoms with Gasteiger partial charge in [0.1, 0.15) is 0 Å². The first-order chi connectivity index (χ1) is 9.26. The van der Waals surface area contributed by atoms with Crippen LogP contribution in [0, 0.1) is 17.3 Å². The fourth-order valence-corrected chi connectivity index (χ4v) is 2.10. The smallest absolute Gasteiger partial charge is 0.303 e. The molecule has 0 aromatic carbocycles. The van der Waals surface area contributed by atoms with Gasteiger partial charge < -0.3 is 16.2 Å². The summed E-state index contributed by atoms with van der Waals surface area (Å²) < 4.78 is 0. The van der Waals surface area contributed by atoms with Crippen LogP contribution in [-0.2, 0) is 9.59 Å². The quantitative estimate of drug-likeness (QED) is 0.572. The van der Waals surface area contributed by atoms with Crippen molar-refractivity contribution in [3.05, 3.63) is 0 Å². The molecule has 0 aromatic heterocycles. The van der Waals surface area contributed by atoms with E-state index >= 15 is 0 Å². The van der Waals surface area contributed by atoms with E-state index in [1.807, 2.05) is 13.8 Å². The van der Waals surface area contributed by atoms with Crippen LogP contribution in [0.25, 0.3) is 0 Å². The van der Waals surface area contributed by atoms with Gasteiger partial charge in [-0.05, 0) is 38.0 Å². The third-order valence-corrected chi connectivity index (χ3v) is 4.25. The minimum Gasteiger partial charge on any atom is -0.481 e. The van der Waals surface area contributed by atoms with Gasteiger partial charge in [-0.2, -0.15) is 0 Å². The highest BCUT2D eigenvalue weighted by Crippen LogP contribution is 2.22. The summed E-state index contributed by atoms with van der Waals surface area (Å²) >= 11 is 0. The summed E-state index contributed by atoms with van der Waals surface area (Å²) in [5, 5.41) is 11.7. The number of carbonyl (C=O) groups is 2. The summed E-state index contributed by atoms with van der Waals surface area (Å²) in [4.78, 5) is 22.7. The third kappa shape index (κ3) is 6.37. The molecule has 2 unspecified atom stereocenters. The Morgan fingerprint density at radius 1 is 1.30 bits per heavy atom. The fraction of sp³-hybridized carbons (Fsp3) is 0.867. The molecule has 0 spiro atoms. The monoisotopic (exact) mass is 286 g/mol. The maximum absolute atomic E-state index is 12.1. The molecule has 0 aliphatic carbocycles. The second kappa shape index (κ2) is 8.95. The first kappa shape index (κ1) is 18.9. The highest BCUT2D eigenvalue weighted by atomic mass is 16.4. The molecule has 0 rings (SSSR count). The van der Waals surface area contributed by atoms with Crippen LogP contribution in [0.4, 0.5) is 0 Å². The lowest BCUT2D eigenvalue weighted by Crippen LogP contribution is -2.44. The van der Waals surface area contributed by atoms with E-state index in [2.05, 4.69) is 19.2 Å². The third-order valence-electron chi connectivity index (χ3n) is 4.25. The molecule has 0 aromatic rings. The predicted molar refractivity (Wildman–Crippen MR) is 80.3 cm³/mol. The summed E-state index contributed by atoms with van der Waals surface area (Å²) in [5.41, 5.74) is 5.15. The first-order valence-corrected chi connectivity index (χ1v) is 7.47. The lowest BCUT2D eigenvalue weighted by atomic mass is 9.86. The van der Waals surface area contributed by atoms with Gasteiger partial charge in [0.2, 0.25) is 5.91 Å². The molecule has 20 heavy (non-hydrogen) atoms. The van der Waals surface area contributed by atoms with Crippen molar-refractivity contribution >= 4 is 11.9 Å². The molecule has 0 heterocycles. The van der Waals surface area contributed by atoms with Crippen LogP contribution in [-0.4, -0.2) is 30.1 Å². The van der Waals surface area contributed by atoms with Gasteiger partial charge in [-0.15, -0.1) is 0 Å². The molecule has 0 fully saturated rings. The van der Waals surface area contributed by atoms with Gasteiger partial charge in [-0.3, -0.25) is 9.59 Å². The number of nitrogens with two attached hydrogens (primary N) is 1. The van der Waals surface area contributed by atoms with Crippen molar-refractivity contribution in [3.8, 4) is 0 Å². The van der Waals surface area contributed by atoms with E-state index in [1.165, 1.54) is 0 Å². The van der Waals surface area contributed by atoms with Gasteiger partial charge >= 0.3 is 5.97 Å². The molecule has 0 aliphatic rings. The second-order valence-corrected chi connectivity index (χ2v) is 6.10. The van der Waals surface area contributed by atoms with Crippen LogP contribution in [0.15, 0.2) is 0 Å². The number of hydrogen-bond donors (Lipinski definition) is 3. The molecule has 118 valence electrons. The normalized spacial score (nSPS) is 15.7. The number of amides is 1. The van der Waals surface area contributed by atoms with Crippen molar-refractivity contribution in [2.75, 3.05) is 13.1 Å². The van der Waals surface area contributed by atoms with Crippen LogP contribution < -0.4 is 11.1 Å². The molecular weight excluding hydrogens is 256 g/mol. The first-order valence-electron chi connectivity index (χ1n) is 7.47. The van der Waals surface area contributed by atoms with E-state index in [0.717, 1.165) is 6.42 Å². The zero-order valence-corrected chi connectivity index (χ0v) is 13.2. The molecular formula is C15H30N2O3. The van der Waals surface area contributed by atoms with Gasteiger partial charge in [0.15, 0.2) is 0 Å².